The quantitative estimate of drug-likeness (QED) is 0.541. The smallest absolute Gasteiger partial charge is 0.211 e. The van der Waals surface area contributed by atoms with Gasteiger partial charge < -0.3 is 4.74 Å². The fraction of sp³-hybridized carbons (Fsp3) is 0.375. The Morgan fingerprint density at radius 1 is 1.80 bits per heavy atom. The molecule has 1 aliphatic heterocycles. The van der Waals surface area contributed by atoms with E-state index < -0.39 is 0 Å². The molecule has 0 aromatic rings. The summed E-state index contributed by atoms with van der Waals surface area (Å²) < 4.78 is 5.17. The van der Waals surface area contributed by atoms with Gasteiger partial charge >= 0.3 is 0 Å². The van der Waals surface area contributed by atoms with Crippen molar-refractivity contribution in [3.63, 3.8) is 0 Å². The molecule has 0 amide bonds. The molecule has 2 heteroatoms. The molecule has 1 rings (SSSR count). The van der Waals surface area contributed by atoms with E-state index in [0.717, 1.165) is 18.5 Å². The third-order valence-corrected chi connectivity index (χ3v) is 1.28. The first-order valence-corrected chi connectivity index (χ1v) is 3.31. The van der Waals surface area contributed by atoms with Gasteiger partial charge in [-0.3, -0.25) is 0 Å². The Bertz CT molecular complexity index is 182. The Balaban J connectivity index is 2.47. The normalized spacial score (nSPS) is 15.8. The van der Waals surface area contributed by atoms with Crippen LogP contribution in [0.3, 0.4) is 0 Å². The maximum absolute atomic E-state index is 5.17. The summed E-state index contributed by atoms with van der Waals surface area (Å²) in [7, 11) is 0. The van der Waals surface area contributed by atoms with Crippen molar-refractivity contribution in [2.24, 2.45) is 4.99 Å². The number of nitrogens with zero attached hydrogens (tertiary/aromatic N) is 1. The molecular weight excluding hydrogens is 126 g/mol. The van der Waals surface area contributed by atoms with E-state index >= 15 is 0 Å². The second-order valence-corrected chi connectivity index (χ2v) is 2.13. The predicted octanol–water partition coefficient (Wildman–Crippen LogP) is 1.55. The third-order valence-electron chi connectivity index (χ3n) is 1.28. The lowest BCUT2D eigenvalue weighted by Gasteiger charge is -2.00. The van der Waals surface area contributed by atoms with Gasteiger partial charge in [-0.1, -0.05) is 12.7 Å². The lowest BCUT2D eigenvalue weighted by molar-refractivity contribution is 0.347. The Hall–Kier alpha value is -1.05. The fourth-order valence-corrected chi connectivity index (χ4v) is 0.811. The van der Waals surface area contributed by atoms with Crippen LogP contribution in [-0.4, -0.2) is 19.0 Å². The molecule has 0 N–H and O–H groups in total. The summed E-state index contributed by atoms with van der Waals surface area (Å²) >= 11 is 0. The average molecular weight is 137 g/mol. The fourth-order valence-electron chi connectivity index (χ4n) is 0.811. The summed E-state index contributed by atoms with van der Waals surface area (Å²) in [6, 6.07) is 0. The summed E-state index contributed by atoms with van der Waals surface area (Å²) in [6.07, 6.45) is 2.56. The molecule has 0 atom stereocenters. The number of aliphatic imine (C=N–C) groups is 1. The molecule has 0 bridgehead atoms. The minimum Gasteiger partial charge on any atom is -0.476 e. The lowest BCUT2D eigenvalue weighted by atomic mass is 10.2. The van der Waals surface area contributed by atoms with E-state index in [2.05, 4.69) is 18.2 Å². The summed E-state index contributed by atoms with van der Waals surface area (Å²) in [5.41, 5.74) is 0.924. The molecule has 1 heterocycles. The maximum atomic E-state index is 5.17. The molecule has 0 fully saturated rings. The van der Waals surface area contributed by atoms with E-state index in [9.17, 15) is 0 Å². The van der Waals surface area contributed by atoms with Gasteiger partial charge in [0.05, 0.1) is 6.54 Å². The number of hydrogen-bond donors (Lipinski definition) is 0. The van der Waals surface area contributed by atoms with Crippen molar-refractivity contribution in [3.05, 3.63) is 24.8 Å². The van der Waals surface area contributed by atoms with Crippen LogP contribution in [0, 0.1) is 0 Å². The monoisotopic (exact) mass is 137 g/mol. The molecule has 2 nitrogen and oxygen atoms in total. The van der Waals surface area contributed by atoms with E-state index in [0.29, 0.717) is 12.5 Å². The Kier molecular flexibility index (Phi) is 2.26. The first kappa shape index (κ1) is 7.06. The SMILES string of the molecule is C=CCC(=C)C1=NCCO1. The average Bonchev–Trinajstić information content (AvgIpc) is 2.38. The van der Waals surface area contributed by atoms with E-state index in [4.69, 9.17) is 4.74 Å². The van der Waals surface area contributed by atoms with Gasteiger partial charge in [0, 0.05) is 5.57 Å². The van der Waals surface area contributed by atoms with E-state index in [1.807, 2.05) is 0 Å². The Morgan fingerprint density at radius 2 is 2.60 bits per heavy atom. The van der Waals surface area contributed by atoms with Gasteiger partial charge in [-0.05, 0) is 6.42 Å². The van der Waals surface area contributed by atoms with Crippen LogP contribution in [0.25, 0.3) is 0 Å². The standard InChI is InChI=1S/C8H11NO/c1-3-4-7(2)8-9-5-6-10-8/h3H,1-2,4-6H2. The van der Waals surface area contributed by atoms with Gasteiger partial charge in [0.2, 0.25) is 5.90 Å². The van der Waals surface area contributed by atoms with Crippen LogP contribution < -0.4 is 0 Å². The molecule has 0 aromatic carbocycles. The molecule has 0 aliphatic carbocycles. The highest BCUT2D eigenvalue weighted by Gasteiger charge is 2.08. The van der Waals surface area contributed by atoms with Crippen LogP contribution in [0.1, 0.15) is 6.42 Å². The minimum absolute atomic E-state index is 0.700. The van der Waals surface area contributed by atoms with Crippen molar-refractivity contribution >= 4 is 5.90 Å². The van der Waals surface area contributed by atoms with Crippen molar-refractivity contribution in [2.75, 3.05) is 13.2 Å². The van der Waals surface area contributed by atoms with Gasteiger partial charge in [-0.25, -0.2) is 4.99 Å². The number of allylic oxidation sites excluding steroid dienone is 1. The lowest BCUT2D eigenvalue weighted by Crippen LogP contribution is -2.00. The highest BCUT2D eigenvalue weighted by molar-refractivity contribution is 5.93. The summed E-state index contributed by atoms with van der Waals surface area (Å²) in [5, 5.41) is 0. The Labute approximate surface area is 60.9 Å². The van der Waals surface area contributed by atoms with E-state index in [-0.39, 0.29) is 0 Å². The largest absolute Gasteiger partial charge is 0.476 e. The zero-order valence-electron chi connectivity index (χ0n) is 5.97. The second-order valence-electron chi connectivity index (χ2n) is 2.13. The molecule has 0 aromatic heterocycles. The van der Waals surface area contributed by atoms with Crippen LogP contribution in [0.4, 0.5) is 0 Å². The van der Waals surface area contributed by atoms with Gasteiger partial charge in [0.15, 0.2) is 0 Å². The van der Waals surface area contributed by atoms with Crippen molar-refractivity contribution in [3.8, 4) is 0 Å². The van der Waals surface area contributed by atoms with Gasteiger partial charge in [0.1, 0.15) is 6.61 Å². The maximum Gasteiger partial charge on any atom is 0.211 e. The van der Waals surface area contributed by atoms with Gasteiger partial charge in [0.25, 0.3) is 0 Å². The summed E-state index contributed by atoms with van der Waals surface area (Å²) in [4.78, 5) is 4.10. The van der Waals surface area contributed by atoms with Crippen LogP contribution in [-0.2, 0) is 4.74 Å². The molecular formula is C8H11NO. The van der Waals surface area contributed by atoms with Crippen LogP contribution >= 0.6 is 0 Å². The van der Waals surface area contributed by atoms with Gasteiger partial charge in [-0.15, -0.1) is 6.58 Å². The van der Waals surface area contributed by atoms with Crippen LogP contribution in [0.5, 0.6) is 0 Å². The molecule has 0 radical (unpaired) electrons. The number of rotatable bonds is 3. The van der Waals surface area contributed by atoms with Crippen molar-refractivity contribution in [1.29, 1.82) is 0 Å². The van der Waals surface area contributed by atoms with Crippen molar-refractivity contribution in [2.45, 2.75) is 6.42 Å². The molecule has 0 saturated heterocycles. The van der Waals surface area contributed by atoms with Crippen molar-refractivity contribution < 1.29 is 4.74 Å². The van der Waals surface area contributed by atoms with Crippen LogP contribution in [0.15, 0.2) is 29.8 Å². The molecule has 0 spiro atoms. The highest BCUT2D eigenvalue weighted by Crippen LogP contribution is 2.07. The number of ether oxygens (including phenoxy) is 1. The van der Waals surface area contributed by atoms with E-state index in [1.165, 1.54) is 0 Å². The van der Waals surface area contributed by atoms with Gasteiger partial charge in [-0.2, -0.15) is 0 Å². The van der Waals surface area contributed by atoms with Crippen molar-refractivity contribution in [1.82, 2.24) is 0 Å². The highest BCUT2D eigenvalue weighted by atomic mass is 16.5. The molecule has 0 saturated carbocycles. The minimum atomic E-state index is 0.700. The molecule has 54 valence electrons. The zero-order valence-corrected chi connectivity index (χ0v) is 5.97. The summed E-state index contributed by atoms with van der Waals surface area (Å²) in [6.45, 7) is 8.87. The molecule has 1 aliphatic rings. The Morgan fingerprint density at radius 3 is 3.10 bits per heavy atom. The topological polar surface area (TPSA) is 21.6 Å². The molecule has 0 unspecified atom stereocenters. The number of hydrogen-bond acceptors (Lipinski definition) is 2. The summed E-state index contributed by atoms with van der Waals surface area (Å²) in [5.74, 6) is 0.708. The first-order chi connectivity index (χ1) is 4.84. The third kappa shape index (κ3) is 1.47. The zero-order chi connectivity index (χ0) is 7.40. The molecule has 10 heavy (non-hydrogen) atoms. The predicted molar refractivity (Wildman–Crippen MR) is 42.2 cm³/mol. The van der Waals surface area contributed by atoms with Crippen LogP contribution in [0.2, 0.25) is 0 Å². The van der Waals surface area contributed by atoms with E-state index in [1.54, 1.807) is 6.08 Å². The first-order valence-electron chi connectivity index (χ1n) is 3.31. The second kappa shape index (κ2) is 3.20.